The molecule has 0 aliphatic rings. The Labute approximate surface area is 501 Å². The molecule has 80 heavy (non-hydrogen) atoms. The zero-order valence-corrected chi connectivity index (χ0v) is 54.3. The summed E-state index contributed by atoms with van der Waals surface area (Å²) in [5, 5.41) is 23.3. The molecule has 0 rings (SSSR count). The zero-order valence-electron chi connectivity index (χ0n) is 54.3. The highest BCUT2D eigenvalue weighted by molar-refractivity contribution is 5.76. The van der Waals surface area contributed by atoms with Gasteiger partial charge in [0.2, 0.25) is 5.91 Å². The third-order valence-electron chi connectivity index (χ3n) is 17.2. The highest BCUT2D eigenvalue weighted by Gasteiger charge is 2.18. The molecule has 0 aliphatic heterocycles. The van der Waals surface area contributed by atoms with Crippen LogP contribution in [0.25, 0.3) is 0 Å². The van der Waals surface area contributed by atoms with Crippen LogP contribution in [-0.4, -0.2) is 47.4 Å². The molecular weight excluding hydrogens is 983 g/mol. The summed E-state index contributed by atoms with van der Waals surface area (Å²) in [5.74, 6) is -0.0570. The number of aliphatic hydroxyl groups is 2. The Morgan fingerprint density at radius 3 is 0.887 bits per heavy atom. The second kappa shape index (κ2) is 69.8. The molecule has 0 bridgehead atoms. The molecule has 1 amide bonds. The fourth-order valence-electron chi connectivity index (χ4n) is 11.6. The first-order chi connectivity index (χ1) is 39.5. The van der Waals surface area contributed by atoms with E-state index in [1.807, 2.05) is 6.08 Å². The van der Waals surface area contributed by atoms with E-state index in [1.165, 1.54) is 340 Å². The third kappa shape index (κ3) is 65.5. The number of hydrogen-bond acceptors (Lipinski definition) is 5. The molecule has 2 unspecified atom stereocenters. The molecule has 0 saturated heterocycles. The van der Waals surface area contributed by atoms with E-state index in [9.17, 15) is 19.8 Å². The van der Waals surface area contributed by atoms with Crippen molar-refractivity contribution in [2.45, 2.75) is 424 Å². The lowest BCUT2D eigenvalue weighted by atomic mass is 10.0. The maximum absolute atomic E-state index is 12.5. The fourth-order valence-corrected chi connectivity index (χ4v) is 11.6. The van der Waals surface area contributed by atoms with Gasteiger partial charge in [0.25, 0.3) is 0 Å². The second-order valence-electron chi connectivity index (χ2n) is 25.3. The number of hydrogen-bond donors (Lipinski definition) is 3. The van der Waals surface area contributed by atoms with Crippen LogP contribution in [0.5, 0.6) is 0 Å². The van der Waals surface area contributed by atoms with E-state index >= 15 is 0 Å². The fraction of sp³-hybridized carbons (Fsp3) is 0.919. The first-order valence-electron chi connectivity index (χ1n) is 36.6. The summed E-state index contributed by atoms with van der Waals surface area (Å²) in [6, 6.07) is -0.630. The van der Waals surface area contributed by atoms with Gasteiger partial charge < -0.3 is 20.3 Å². The highest BCUT2D eigenvalue weighted by atomic mass is 16.5. The van der Waals surface area contributed by atoms with Gasteiger partial charge in [-0.3, -0.25) is 9.59 Å². The number of ether oxygens (including phenoxy) is 1. The summed E-state index contributed by atoms with van der Waals surface area (Å²) in [6.07, 6.45) is 88.3. The van der Waals surface area contributed by atoms with E-state index in [2.05, 4.69) is 31.3 Å². The van der Waals surface area contributed by atoms with Gasteiger partial charge in [-0.15, -0.1) is 0 Å². The van der Waals surface area contributed by atoms with E-state index in [0.717, 1.165) is 44.9 Å². The summed E-state index contributed by atoms with van der Waals surface area (Å²) in [4.78, 5) is 24.6. The van der Waals surface area contributed by atoms with E-state index in [0.29, 0.717) is 19.4 Å². The van der Waals surface area contributed by atoms with Crippen LogP contribution in [0.2, 0.25) is 0 Å². The normalized spacial score (nSPS) is 12.6. The number of carbonyl (C=O) groups is 2. The van der Waals surface area contributed by atoms with Crippen molar-refractivity contribution in [2.75, 3.05) is 13.2 Å². The van der Waals surface area contributed by atoms with Crippen molar-refractivity contribution in [3.05, 3.63) is 24.3 Å². The van der Waals surface area contributed by atoms with Gasteiger partial charge in [0, 0.05) is 12.8 Å². The summed E-state index contributed by atoms with van der Waals surface area (Å²) in [5.41, 5.74) is 0. The third-order valence-corrected chi connectivity index (χ3v) is 17.2. The lowest BCUT2D eigenvalue weighted by Crippen LogP contribution is -2.45. The molecule has 0 aromatic carbocycles. The summed E-state index contributed by atoms with van der Waals surface area (Å²) >= 11 is 0. The Bertz CT molecular complexity index is 1250. The lowest BCUT2D eigenvalue weighted by molar-refractivity contribution is -0.143. The molecule has 3 N–H and O–H groups in total. The van der Waals surface area contributed by atoms with Crippen LogP contribution >= 0.6 is 0 Å². The number of esters is 1. The second-order valence-corrected chi connectivity index (χ2v) is 25.3. The number of aliphatic hydroxyl groups excluding tert-OH is 2. The van der Waals surface area contributed by atoms with Crippen LogP contribution in [-0.2, 0) is 14.3 Å². The Kier molecular flexibility index (Phi) is 68.4. The number of nitrogens with one attached hydrogen (secondary N) is 1. The van der Waals surface area contributed by atoms with Crippen molar-refractivity contribution in [1.29, 1.82) is 0 Å². The predicted octanol–water partition coefficient (Wildman–Crippen LogP) is 23.7. The molecule has 474 valence electrons. The van der Waals surface area contributed by atoms with Gasteiger partial charge in [0.1, 0.15) is 0 Å². The van der Waals surface area contributed by atoms with Crippen molar-refractivity contribution in [1.82, 2.24) is 5.32 Å². The van der Waals surface area contributed by atoms with Gasteiger partial charge >= 0.3 is 5.97 Å². The van der Waals surface area contributed by atoms with Crippen LogP contribution in [0.15, 0.2) is 24.3 Å². The smallest absolute Gasteiger partial charge is 0.305 e. The summed E-state index contributed by atoms with van der Waals surface area (Å²) in [7, 11) is 0. The molecular formula is C74H143NO5. The van der Waals surface area contributed by atoms with Crippen molar-refractivity contribution in [3.8, 4) is 0 Å². The van der Waals surface area contributed by atoms with Crippen LogP contribution in [0, 0.1) is 0 Å². The summed E-state index contributed by atoms with van der Waals surface area (Å²) in [6.45, 7) is 4.94. The molecule has 0 aromatic heterocycles. The quantitative estimate of drug-likeness (QED) is 0.0320. The molecule has 2 atom stereocenters. The zero-order chi connectivity index (χ0) is 57.8. The van der Waals surface area contributed by atoms with Crippen molar-refractivity contribution in [3.63, 3.8) is 0 Å². The molecule has 0 radical (unpaired) electrons. The van der Waals surface area contributed by atoms with E-state index in [-0.39, 0.29) is 18.5 Å². The van der Waals surface area contributed by atoms with Crippen LogP contribution in [0.3, 0.4) is 0 Å². The molecule has 0 aromatic rings. The first-order valence-corrected chi connectivity index (χ1v) is 36.6. The molecule has 6 heteroatoms. The van der Waals surface area contributed by atoms with Gasteiger partial charge in [-0.1, -0.05) is 366 Å². The molecule has 0 spiro atoms. The van der Waals surface area contributed by atoms with Gasteiger partial charge in [0.05, 0.1) is 25.4 Å². The Hall–Kier alpha value is -1.66. The monoisotopic (exact) mass is 1130 g/mol. The number of carbonyl (C=O) groups excluding carboxylic acids is 2. The highest BCUT2D eigenvalue weighted by Crippen LogP contribution is 2.19. The standard InChI is InChI=1S/C74H143NO5/c1-3-5-7-9-11-13-15-17-19-21-22-23-24-25-26-29-32-35-38-42-46-50-54-58-62-66-72(77)71(70-76)75-73(78)67-63-59-55-51-47-43-39-36-33-30-27-28-31-34-37-41-45-49-53-57-61-65-69-80-74(79)68-64-60-56-52-48-44-40-20-18-16-14-12-10-8-6-4-2/h20,40,62,66,71-72,76-77H,3-19,21-39,41-61,63-65,67-70H2,1-2H3,(H,75,78)/b40-20-,66-62+. The minimum atomic E-state index is -0.846. The van der Waals surface area contributed by atoms with Crippen LogP contribution in [0.4, 0.5) is 0 Å². The van der Waals surface area contributed by atoms with Gasteiger partial charge in [-0.2, -0.15) is 0 Å². The Morgan fingerprint density at radius 1 is 0.338 bits per heavy atom. The maximum Gasteiger partial charge on any atom is 0.305 e. The molecule has 0 saturated carbocycles. The largest absolute Gasteiger partial charge is 0.466 e. The number of allylic oxidation sites excluding steroid dienone is 3. The predicted molar refractivity (Wildman–Crippen MR) is 352 cm³/mol. The molecule has 0 fully saturated rings. The van der Waals surface area contributed by atoms with E-state index in [1.54, 1.807) is 6.08 Å². The average Bonchev–Trinajstić information content (AvgIpc) is 3.46. The molecule has 0 aliphatic carbocycles. The Morgan fingerprint density at radius 2 is 0.588 bits per heavy atom. The van der Waals surface area contributed by atoms with Crippen molar-refractivity contribution in [2.24, 2.45) is 0 Å². The van der Waals surface area contributed by atoms with Crippen molar-refractivity contribution >= 4 is 11.9 Å². The van der Waals surface area contributed by atoms with E-state index < -0.39 is 12.1 Å². The molecule has 0 heterocycles. The SMILES string of the molecule is CCCCCCCCC/C=C\CCCCCCCC(=O)OCCCCCCCCCCCCCCCCCCCCCCCCC(=O)NC(CO)C(O)/C=C/CCCCCCCCCCCCCCCCCCCCCCCCC. The van der Waals surface area contributed by atoms with Gasteiger partial charge in [0.15, 0.2) is 0 Å². The van der Waals surface area contributed by atoms with Crippen LogP contribution < -0.4 is 5.32 Å². The van der Waals surface area contributed by atoms with E-state index in [4.69, 9.17) is 4.74 Å². The van der Waals surface area contributed by atoms with Crippen LogP contribution in [0.1, 0.15) is 412 Å². The summed E-state index contributed by atoms with van der Waals surface area (Å²) < 4.78 is 5.50. The lowest BCUT2D eigenvalue weighted by Gasteiger charge is -2.20. The minimum absolute atomic E-state index is 0.00639. The maximum atomic E-state index is 12.5. The van der Waals surface area contributed by atoms with Crippen molar-refractivity contribution < 1.29 is 24.5 Å². The number of rotatable bonds is 69. The number of amides is 1. The Balaban J connectivity index is 3.40. The minimum Gasteiger partial charge on any atom is -0.466 e. The van der Waals surface area contributed by atoms with Gasteiger partial charge in [-0.25, -0.2) is 0 Å². The topological polar surface area (TPSA) is 95.9 Å². The first kappa shape index (κ1) is 78.3. The molecule has 6 nitrogen and oxygen atoms in total. The average molecular weight is 1130 g/mol. The van der Waals surface area contributed by atoms with Gasteiger partial charge in [-0.05, 0) is 57.8 Å². The number of unbranched alkanes of at least 4 members (excludes halogenated alkanes) is 56.